The molecule has 4 nitrogen and oxygen atoms in total. The maximum atomic E-state index is 4.96. The topological polar surface area (TPSA) is 49.1 Å². The van der Waals surface area contributed by atoms with Crippen molar-refractivity contribution in [3.63, 3.8) is 0 Å². The summed E-state index contributed by atoms with van der Waals surface area (Å²) in [6.07, 6.45) is 0. The second-order valence-electron chi connectivity index (χ2n) is 4.30. The maximum Gasteiger partial charge on any atom is 0.0587 e. The van der Waals surface area contributed by atoms with Crippen LogP contribution in [-0.2, 0) is 11.3 Å². The Bertz CT molecular complexity index is 434. The van der Waals surface area contributed by atoms with Gasteiger partial charge in [0.15, 0.2) is 0 Å². The first-order valence-corrected chi connectivity index (χ1v) is 6.37. The van der Waals surface area contributed by atoms with Crippen molar-refractivity contribution < 1.29 is 4.74 Å². The quantitative estimate of drug-likeness (QED) is 0.620. The number of hydrogen-bond acceptors (Lipinski definition) is 3. The van der Waals surface area contributed by atoms with Crippen molar-refractivity contribution in [2.24, 2.45) is 0 Å². The molecule has 4 heteroatoms. The lowest BCUT2D eigenvalue weighted by molar-refractivity contribution is 0.199. The van der Waals surface area contributed by atoms with Crippen LogP contribution < -0.4 is 10.6 Å². The van der Waals surface area contributed by atoms with Crippen molar-refractivity contribution in [2.75, 3.05) is 33.4 Å². The molecule has 0 saturated heterocycles. The number of aromatic nitrogens is 1. The molecule has 0 amide bonds. The first-order chi connectivity index (χ1) is 8.90. The molecule has 0 unspecified atom stereocenters. The molecule has 0 aliphatic rings. The minimum Gasteiger partial charge on any atom is -0.383 e. The van der Waals surface area contributed by atoms with Crippen molar-refractivity contribution in [2.45, 2.75) is 6.54 Å². The summed E-state index contributed by atoms with van der Waals surface area (Å²) in [6.45, 7) is 4.47. The monoisotopic (exact) mass is 247 g/mol. The average Bonchev–Trinajstić information content (AvgIpc) is 2.80. The van der Waals surface area contributed by atoms with E-state index in [1.54, 1.807) is 7.11 Å². The van der Waals surface area contributed by atoms with Gasteiger partial charge in [0.25, 0.3) is 0 Å². The first-order valence-electron chi connectivity index (χ1n) is 6.37. The zero-order valence-electron chi connectivity index (χ0n) is 10.8. The lowest BCUT2D eigenvalue weighted by atomic mass is 10.2. The van der Waals surface area contributed by atoms with Crippen LogP contribution in [0, 0.1) is 0 Å². The molecule has 0 saturated carbocycles. The molecular weight excluding hydrogens is 226 g/mol. The standard InChI is InChI=1S/C14H21N3O/c1-18-9-8-15-6-7-16-11-13-10-12-4-2-3-5-14(12)17-13/h2-5,10,15-17H,6-9,11H2,1H3. The van der Waals surface area contributed by atoms with Crippen LogP contribution in [0.15, 0.2) is 30.3 Å². The van der Waals surface area contributed by atoms with Gasteiger partial charge >= 0.3 is 0 Å². The Balaban J connectivity index is 1.67. The van der Waals surface area contributed by atoms with Crippen molar-refractivity contribution in [1.29, 1.82) is 0 Å². The Hall–Kier alpha value is -1.36. The van der Waals surface area contributed by atoms with E-state index in [-0.39, 0.29) is 0 Å². The summed E-state index contributed by atoms with van der Waals surface area (Å²) >= 11 is 0. The zero-order valence-corrected chi connectivity index (χ0v) is 10.8. The van der Waals surface area contributed by atoms with E-state index < -0.39 is 0 Å². The number of aromatic amines is 1. The van der Waals surface area contributed by atoms with Crippen LogP contribution >= 0.6 is 0 Å². The van der Waals surface area contributed by atoms with Gasteiger partial charge in [-0.05, 0) is 17.5 Å². The van der Waals surface area contributed by atoms with E-state index in [9.17, 15) is 0 Å². The van der Waals surface area contributed by atoms with Gasteiger partial charge in [-0.15, -0.1) is 0 Å². The number of fused-ring (bicyclic) bond motifs is 1. The van der Waals surface area contributed by atoms with Gasteiger partial charge in [0, 0.05) is 44.5 Å². The lowest BCUT2D eigenvalue weighted by Crippen LogP contribution is -2.29. The van der Waals surface area contributed by atoms with Gasteiger partial charge in [0.1, 0.15) is 0 Å². The minimum absolute atomic E-state index is 0.766. The van der Waals surface area contributed by atoms with E-state index in [0.717, 1.165) is 32.8 Å². The highest BCUT2D eigenvalue weighted by Gasteiger charge is 1.98. The summed E-state index contributed by atoms with van der Waals surface area (Å²) < 4.78 is 4.96. The summed E-state index contributed by atoms with van der Waals surface area (Å²) in [4.78, 5) is 3.40. The summed E-state index contributed by atoms with van der Waals surface area (Å²) in [7, 11) is 1.72. The van der Waals surface area contributed by atoms with E-state index in [1.807, 2.05) is 0 Å². The Kier molecular flexibility index (Phi) is 5.20. The van der Waals surface area contributed by atoms with Gasteiger partial charge in [-0.25, -0.2) is 0 Å². The smallest absolute Gasteiger partial charge is 0.0587 e. The van der Waals surface area contributed by atoms with Crippen molar-refractivity contribution >= 4 is 10.9 Å². The third-order valence-electron chi connectivity index (χ3n) is 2.86. The Labute approximate surface area is 108 Å². The fourth-order valence-corrected chi connectivity index (χ4v) is 1.93. The van der Waals surface area contributed by atoms with Crippen LogP contribution in [0.1, 0.15) is 5.69 Å². The average molecular weight is 247 g/mol. The first kappa shape index (κ1) is 13.1. The third-order valence-corrected chi connectivity index (χ3v) is 2.86. The number of methoxy groups -OCH3 is 1. The fraction of sp³-hybridized carbons (Fsp3) is 0.429. The highest BCUT2D eigenvalue weighted by Crippen LogP contribution is 2.14. The van der Waals surface area contributed by atoms with Crippen LogP contribution in [0.2, 0.25) is 0 Å². The number of hydrogen-bond donors (Lipinski definition) is 3. The van der Waals surface area contributed by atoms with Gasteiger partial charge < -0.3 is 20.4 Å². The highest BCUT2D eigenvalue weighted by atomic mass is 16.5. The van der Waals surface area contributed by atoms with E-state index in [1.165, 1.54) is 16.6 Å². The van der Waals surface area contributed by atoms with Crippen molar-refractivity contribution in [1.82, 2.24) is 15.6 Å². The molecule has 2 rings (SSSR count). The molecule has 3 N–H and O–H groups in total. The number of benzene rings is 1. The molecule has 0 aliphatic carbocycles. The number of ether oxygens (including phenoxy) is 1. The molecular formula is C14H21N3O. The summed E-state index contributed by atoms with van der Waals surface area (Å²) in [5, 5.41) is 7.98. The molecule has 0 atom stereocenters. The highest BCUT2D eigenvalue weighted by molar-refractivity contribution is 5.80. The Morgan fingerprint density at radius 2 is 1.94 bits per heavy atom. The van der Waals surface area contributed by atoms with Crippen LogP contribution in [0.4, 0.5) is 0 Å². The minimum atomic E-state index is 0.766. The molecule has 1 aromatic carbocycles. The van der Waals surface area contributed by atoms with Gasteiger partial charge in [0.05, 0.1) is 6.61 Å². The molecule has 18 heavy (non-hydrogen) atoms. The molecule has 0 radical (unpaired) electrons. The van der Waals surface area contributed by atoms with Crippen molar-refractivity contribution in [3.8, 4) is 0 Å². The molecule has 0 bridgehead atoms. The fourth-order valence-electron chi connectivity index (χ4n) is 1.93. The van der Waals surface area contributed by atoms with Gasteiger partial charge in [0.2, 0.25) is 0 Å². The summed E-state index contributed by atoms with van der Waals surface area (Å²) in [5.74, 6) is 0. The maximum absolute atomic E-state index is 4.96. The Morgan fingerprint density at radius 3 is 2.78 bits per heavy atom. The number of nitrogens with one attached hydrogen (secondary N) is 3. The van der Waals surface area contributed by atoms with Crippen LogP contribution in [0.5, 0.6) is 0 Å². The van der Waals surface area contributed by atoms with E-state index in [2.05, 4.69) is 45.9 Å². The van der Waals surface area contributed by atoms with Gasteiger partial charge in [-0.1, -0.05) is 18.2 Å². The van der Waals surface area contributed by atoms with Crippen LogP contribution in [0.3, 0.4) is 0 Å². The Morgan fingerprint density at radius 1 is 1.11 bits per heavy atom. The third kappa shape index (κ3) is 3.84. The lowest BCUT2D eigenvalue weighted by Gasteiger charge is -2.05. The van der Waals surface area contributed by atoms with E-state index in [4.69, 9.17) is 4.74 Å². The molecule has 1 heterocycles. The summed E-state index contributed by atoms with van der Waals surface area (Å²) in [5.41, 5.74) is 2.43. The van der Waals surface area contributed by atoms with Crippen LogP contribution in [0.25, 0.3) is 10.9 Å². The molecule has 98 valence electrons. The molecule has 2 aromatic rings. The van der Waals surface area contributed by atoms with E-state index in [0.29, 0.717) is 0 Å². The molecule has 1 aromatic heterocycles. The van der Waals surface area contributed by atoms with Gasteiger partial charge in [-0.3, -0.25) is 0 Å². The number of para-hydroxylation sites is 1. The number of rotatable bonds is 8. The summed E-state index contributed by atoms with van der Waals surface area (Å²) in [6, 6.07) is 10.5. The molecule has 0 aliphatic heterocycles. The van der Waals surface area contributed by atoms with Crippen molar-refractivity contribution in [3.05, 3.63) is 36.0 Å². The second kappa shape index (κ2) is 7.16. The normalized spacial score (nSPS) is 11.2. The molecule has 0 spiro atoms. The van der Waals surface area contributed by atoms with Gasteiger partial charge in [-0.2, -0.15) is 0 Å². The zero-order chi connectivity index (χ0) is 12.6. The largest absolute Gasteiger partial charge is 0.383 e. The SMILES string of the molecule is COCCNCCNCc1cc2ccccc2[nH]1. The van der Waals surface area contributed by atoms with E-state index >= 15 is 0 Å². The van der Waals surface area contributed by atoms with Crippen LogP contribution in [-0.4, -0.2) is 38.3 Å². The number of H-pyrrole nitrogens is 1. The predicted molar refractivity (Wildman–Crippen MR) is 74.8 cm³/mol. The molecule has 0 fully saturated rings. The predicted octanol–water partition coefficient (Wildman–Crippen LogP) is 1.49. The second-order valence-corrected chi connectivity index (χ2v) is 4.30.